The number of nitrogens with two attached hydrogens (primary N) is 1. The molecule has 6 heteroatoms. The van der Waals surface area contributed by atoms with E-state index in [4.69, 9.17) is 19.7 Å². The minimum absolute atomic E-state index is 0.238. The summed E-state index contributed by atoms with van der Waals surface area (Å²) < 4.78 is 17.5. The summed E-state index contributed by atoms with van der Waals surface area (Å²) >= 11 is 3.29. The van der Waals surface area contributed by atoms with Gasteiger partial charge in [-0.2, -0.15) is 0 Å². The number of hydrogen-bond acceptors (Lipinski definition) is 5. The van der Waals surface area contributed by atoms with E-state index in [9.17, 15) is 0 Å². The van der Waals surface area contributed by atoms with Gasteiger partial charge in [-0.25, -0.2) is 5.43 Å². The molecule has 0 radical (unpaired) electrons. The van der Waals surface area contributed by atoms with Gasteiger partial charge in [-0.1, -0.05) is 6.07 Å². The van der Waals surface area contributed by atoms with Gasteiger partial charge in [-0.3, -0.25) is 5.84 Å². The Balaban J connectivity index is 1.94. The van der Waals surface area contributed by atoms with Gasteiger partial charge < -0.3 is 13.9 Å². The maximum absolute atomic E-state index is 5.69. The summed E-state index contributed by atoms with van der Waals surface area (Å²) in [7, 11) is 0. The summed E-state index contributed by atoms with van der Waals surface area (Å²) in [6.07, 6.45) is 0.883. The quantitative estimate of drug-likeness (QED) is 0.665. The number of rotatable bonds is 3. The van der Waals surface area contributed by atoms with Crippen LogP contribution >= 0.6 is 15.9 Å². The van der Waals surface area contributed by atoms with E-state index in [2.05, 4.69) is 21.4 Å². The Kier molecular flexibility index (Phi) is 3.95. The SMILES string of the molecule is NNC(c1ccc2c(c1)OCCCO2)c1ccc(Br)o1. The first-order valence-corrected chi connectivity index (χ1v) is 7.18. The van der Waals surface area contributed by atoms with Crippen LogP contribution in [0.25, 0.3) is 0 Å². The van der Waals surface area contributed by atoms with Crippen LogP contribution in [0.4, 0.5) is 0 Å². The highest BCUT2D eigenvalue weighted by atomic mass is 79.9. The molecule has 106 valence electrons. The minimum atomic E-state index is -0.238. The lowest BCUT2D eigenvalue weighted by atomic mass is 10.0. The van der Waals surface area contributed by atoms with Crippen molar-refractivity contribution in [1.82, 2.24) is 5.43 Å². The molecule has 1 aliphatic rings. The Morgan fingerprint density at radius 3 is 2.60 bits per heavy atom. The molecule has 3 N–H and O–H groups in total. The fraction of sp³-hybridized carbons (Fsp3) is 0.286. The molecule has 0 amide bonds. The van der Waals surface area contributed by atoms with E-state index < -0.39 is 0 Å². The van der Waals surface area contributed by atoms with Crippen LogP contribution in [0.3, 0.4) is 0 Å². The first-order valence-electron chi connectivity index (χ1n) is 6.39. The van der Waals surface area contributed by atoms with Crippen LogP contribution in [0.2, 0.25) is 0 Å². The van der Waals surface area contributed by atoms with Crippen LogP contribution in [0.5, 0.6) is 11.5 Å². The molecule has 1 aromatic carbocycles. The monoisotopic (exact) mass is 338 g/mol. The van der Waals surface area contributed by atoms with Gasteiger partial charge in [0.25, 0.3) is 0 Å². The standard InChI is InChI=1S/C14H15BrN2O3/c15-13-5-4-11(20-13)14(17-16)9-2-3-10-12(8-9)19-7-1-6-18-10/h2-5,8,14,17H,1,6-7,16H2. The summed E-state index contributed by atoms with van der Waals surface area (Å²) in [5.41, 5.74) is 3.72. The van der Waals surface area contributed by atoms with E-state index >= 15 is 0 Å². The van der Waals surface area contributed by atoms with Crippen molar-refractivity contribution < 1.29 is 13.9 Å². The molecule has 0 bridgehead atoms. The van der Waals surface area contributed by atoms with Crippen molar-refractivity contribution in [1.29, 1.82) is 0 Å². The molecule has 0 saturated heterocycles. The van der Waals surface area contributed by atoms with Crippen molar-refractivity contribution in [3.63, 3.8) is 0 Å². The second-order valence-corrected chi connectivity index (χ2v) is 5.28. The van der Waals surface area contributed by atoms with Gasteiger partial charge in [0.05, 0.1) is 13.2 Å². The van der Waals surface area contributed by atoms with Gasteiger partial charge >= 0.3 is 0 Å². The van der Waals surface area contributed by atoms with Crippen molar-refractivity contribution in [3.05, 3.63) is 46.3 Å². The van der Waals surface area contributed by atoms with Crippen LogP contribution in [0.15, 0.2) is 39.4 Å². The van der Waals surface area contributed by atoms with Gasteiger partial charge in [0.2, 0.25) is 0 Å². The topological polar surface area (TPSA) is 69.7 Å². The molecule has 3 rings (SSSR count). The molecule has 20 heavy (non-hydrogen) atoms. The first-order chi connectivity index (χ1) is 9.78. The number of ether oxygens (including phenoxy) is 2. The summed E-state index contributed by atoms with van der Waals surface area (Å²) in [4.78, 5) is 0. The second-order valence-electron chi connectivity index (χ2n) is 4.50. The molecule has 2 aromatic rings. The number of benzene rings is 1. The van der Waals surface area contributed by atoms with E-state index in [1.165, 1.54) is 0 Å². The Morgan fingerprint density at radius 1 is 1.10 bits per heavy atom. The molecule has 5 nitrogen and oxygen atoms in total. The Bertz CT molecular complexity index is 600. The number of halogens is 1. The van der Waals surface area contributed by atoms with Crippen LogP contribution < -0.4 is 20.7 Å². The van der Waals surface area contributed by atoms with Crippen LogP contribution in [0, 0.1) is 0 Å². The smallest absolute Gasteiger partial charge is 0.169 e. The lowest BCUT2D eigenvalue weighted by Gasteiger charge is -2.16. The fourth-order valence-corrected chi connectivity index (χ4v) is 2.50. The van der Waals surface area contributed by atoms with Gasteiger partial charge in [-0.05, 0) is 45.8 Å². The molecule has 0 aliphatic carbocycles. The van der Waals surface area contributed by atoms with E-state index in [0.29, 0.717) is 17.9 Å². The summed E-state index contributed by atoms with van der Waals surface area (Å²) in [5.74, 6) is 7.89. The molecule has 1 aliphatic heterocycles. The fourth-order valence-electron chi connectivity index (χ4n) is 2.19. The average Bonchev–Trinajstić information content (AvgIpc) is 2.75. The summed E-state index contributed by atoms with van der Waals surface area (Å²) in [6.45, 7) is 1.33. The number of fused-ring (bicyclic) bond motifs is 1. The van der Waals surface area contributed by atoms with Gasteiger partial charge in [0.15, 0.2) is 16.2 Å². The van der Waals surface area contributed by atoms with E-state index in [1.807, 2.05) is 30.3 Å². The first kappa shape index (κ1) is 13.5. The van der Waals surface area contributed by atoms with Crippen LogP contribution in [-0.2, 0) is 0 Å². The van der Waals surface area contributed by atoms with Crippen molar-refractivity contribution in [2.75, 3.05) is 13.2 Å². The zero-order valence-electron chi connectivity index (χ0n) is 10.8. The number of hydrogen-bond donors (Lipinski definition) is 2. The number of hydrazine groups is 1. The van der Waals surface area contributed by atoms with Crippen molar-refractivity contribution in [2.45, 2.75) is 12.5 Å². The largest absolute Gasteiger partial charge is 0.490 e. The van der Waals surface area contributed by atoms with E-state index in [-0.39, 0.29) is 6.04 Å². The van der Waals surface area contributed by atoms with Crippen molar-refractivity contribution in [2.24, 2.45) is 5.84 Å². The minimum Gasteiger partial charge on any atom is -0.490 e. The summed E-state index contributed by atoms with van der Waals surface area (Å²) in [5, 5.41) is 0. The lowest BCUT2D eigenvalue weighted by molar-refractivity contribution is 0.297. The number of nitrogens with one attached hydrogen (secondary N) is 1. The summed E-state index contributed by atoms with van der Waals surface area (Å²) in [6, 6.07) is 9.26. The molecule has 1 aromatic heterocycles. The Hall–Kier alpha value is -1.50. The third kappa shape index (κ3) is 2.67. The van der Waals surface area contributed by atoms with Crippen molar-refractivity contribution in [3.8, 4) is 11.5 Å². The predicted octanol–water partition coefficient (Wildman–Crippen LogP) is 2.76. The van der Waals surface area contributed by atoms with Crippen LogP contribution in [0.1, 0.15) is 23.8 Å². The van der Waals surface area contributed by atoms with Crippen LogP contribution in [-0.4, -0.2) is 13.2 Å². The normalized spacial score (nSPS) is 15.7. The Labute approximate surface area is 125 Å². The second kappa shape index (κ2) is 5.87. The average molecular weight is 339 g/mol. The number of furan rings is 1. The van der Waals surface area contributed by atoms with E-state index in [1.54, 1.807) is 0 Å². The molecule has 2 heterocycles. The molecule has 0 spiro atoms. The Morgan fingerprint density at radius 2 is 1.90 bits per heavy atom. The maximum atomic E-state index is 5.69. The lowest BCUT2D eigenvalue weighted by Crippen LogP contribution is -2.28. The highest BCUT2D eigenvalue weighted by Crippen LogP contribution is 2.34. The van der Waals surface area contributed by atoms with Gasteiger partial charge in [0.1, 0.15) is 11.8 Å². The zero-order chi connectivity index (χ0) is 13.9. The molecule has 0 saturated carbocycles. The third-order valence-electron chi connectivity index (χ3n) is 3.15. The molecule has 0 fully saturated rings. The highest BCUT2D eigenvalue weighted by molar-refractivity contribution is 9.10. The van der Waals surface area contributed by atoms with Gasteiger partial charge in [-0.15, -0.1) is 0 Å². The predicted molar refractivity (Wildman–Crippen MR) is 77.6 cm³/mol. The molecule has 1 atom stereocenters. The third-order valence-corrected chi connectivity index (χ3v) is 3.58. The molecule has 1 unspecified atom stereocenters. The maximum Gasteiger partial charge on any atom is 0.169 e. The van der Waals surface area contributed by atoms with Crippen molar-refractivity contribution >= 4 is 15.9 Å². The molecular formula is C14H15BrN2O3. The molecular weight excluding hydrogens is 324 g/mol. The highest BCUT2D eigenvalue weighted by Gasteiger charge is 2.19. The van der Waals surface area contributed by atoms with Gasteiger partial charge in [0, 0.05) is 6.42 Å². The zero-order valence-corrected chi connectivity index (χ0v) is 12.4. The van der Waals surface area contributed by atoms with E-state index in [0.717, 1.165) is 29.2 Å².